The van der Waals surface area contributed by atoms with E-state index in [9.17, 15) is 22.0 Å². The summed E-state index contributed by atoms with van der Waals surface area (Å²) in [6.45, 7) is 1.22. The highest BCUT2D eigenvalue weighted by atomic mass is 32.3. The molecule has 0 atom stereocenters. The average molecular weight is 517 g/mol. The monoisotopic (exact) mass is 516 g/mol. The summed E-state index contributed by atoms with van der Waals surface area (Å²) in [7, 11) is 0.590. The van der Waals surface area contributed by atoms with E-state index in [1.807, 2.05) is 4.90 Å². The topological polar surface area (TPSA) is 99.2 Å². The number of benzene rings is 1. The Balaban J connectivity index is 1.82. The van der Waals surface area contributed by atoms with Gasteiger partial charge in [0.05, 0.1) is 13.7 Å². The van der Waals surface area contributed by atoms with E-state index in [2.05, 4.69) is 9.97 Å². The third-order valence-corrected chi connectivity index (χ3v) is 8.48. The number of ether oxygens (including phenoxy) is 1. The second-order valence-corrected chi connectivity index (χ2v) is 10.5. The molecule has 1 fully saturated rings. The molecule has 0 N–H and O–H groups in total. The van der Waals surface area contributed by atoms with Gasteiger partial charge in [-0.3, -0.25) is 9.69 Å². The van der Waals surface area contributed by atoms with Gasteiger partial charge in [0.1, 0.15) is 6.33 Å². The van der Waals surface area contributed by atoms with Gasteiger partial charge in [-0.25, -0.2) is 18.7 Å². The van der Waals surface area contributed by atoms with Crippen LogP contribution in [0.15, 0.2) is 30.6 Å². The standard InChI is InChI=1S/C20H26F2N6O4S2/c1-25(2)19(29)12-26-7-9-27(10-8-26)34(30,31)28(17-11-18(32-3)24-14-23-17)33-13-15-5-4-6-16(21)20(15)22/h4-6,11,14H,7-10,12-13H2,1-3H3. The van der Waals surface area contributed by atoms with Crippen LogP contribution in [0.1, 0.15) is 5.56 Å². The van der Waals surface area contributed by atoms with Crippen molar-refractivity contribution in [3.8, 4) is 5.88 Å². The highest BCUT2D eigenvalue weighted by Crippen LogP contribution is 2.31. The number of methoxy groups -OCH3 is 1. The van der Waals surface area contributed by atoms with Crippen LogP contribution in [0.5, 0.6) is 5.88 Å². The zero-order chi connectivity index (χ0) is 24.9. The van der Waals surface area contributed by atoms with Gasteiger partial charge in [-0.15, -0.1) is 0 Å². The van der Waals surface area contributed by atoms with E-state index in [0.29, 0.717) is 13.1 Å². The van der Waals surface area contributed by atoms with Crippen molar-refractivity contribution in [2.24, 2.45) is 0 Å². The molecule has 0 aliphatic carbocycles. The lowest BCUT2D eigenvalue weighted by atomic mass is 10.2. The lowest BCUT2D eigenvalue weighted by Gasteiger charge is -2.36. The number of nitrogens with zero attached hydrogens (tertiary/aromatic N) is 6. The summed E-state index contributed by atoms with van der Waals surface area (Å²) in [6, 6.07) is 5.08. The number of hydrogen-bond donors (Lipinski definition) is 0. The second kappa shape index (κ2) is 11.3. The molecule has 1 aromatic carbocycles. The first-order valence-electron chi connectivity index (χ1n) is 10.3. The summed E-state index contributed by atoms with van der Waals surface area (Å²) in [5.74, 6) is -2.12. The van der Waals surface area contributed by atoms with Crippen LogP contribution in [0.2, 0.25) is 0 Å². The number of halogens is 2. The van der Waals surface area contributed by atoms with Crippen LogP contribution in [-0.2, 0) is 20.8 Å². The maximum atomic E-state index is 14.2. The lowest BCUT2D eigenvalue weighted by Crippen LogP contribution is -2.53. The third-order valence-electron chi connectivity index (χ3n) is 5.12. The van der Waals surface area contributed by atoms with Crippen molar-refractivity contribution in [2.45, 2.75) is 5.75 Å². The van der Waals surface area contributed by atoms with Crippen molar-refractivity contribution in [1.29, 1.82) is 0 Å². The first-order chi connectivity index (χ1) is 16.1. The molecule has 3 rings (SSSR count). The number of aromatic nitrogens is 2. The van der Waals surface area contributed by atoms with E-state index in [4.69, 9.17) is 4.74 Å². The molecule has 0 spiro atoms. The van der Waals surface area contributed by atoms with Gasteiger partial charge in [0.2, 0.25) is 11.8 Å². The van der Waals surface area contributed by atoms with E-state index in [1.165, 1.54) is 34.5 Å². The Morgan fingerprint density at radius 2 is 1.88 bits per heavy atom. The molecule has 0 bridgehead atoms. The molecule has 14 heteroatoms. The molecule has 34 heavy (non-hydrogen) atoms. The molecule has 1 amide bonds. The van der Waals surface area contributed by atoms with Crippen LogP contribution >= 0.6 is 11.9 Å². The van der Waals surface area contributed by atoms with Crippen LogP contribution in [0.25, 0.3) is 0 Å². The minimum Gasteiger partial charge on any atom is -0.481 e. The molecule has 1 aliphatic rings. The zero-order valence-corrected chi connectivity index (χ0v) is 20.7. The fraction of sp³-hybridized carbons (Fsp3) is 0.450. The van der Waals surface area contributed by atoms with Gasteiger partial charge in [0.15, 0.2) is 17.5 Å². The number of rotatable bonds is 9. The molecule has 10 nitrogen and oxygen atoms in total. The lowest BCUT2D eigenvalue weighted by molar-refractivity contribution is -0.130. The molecule has 0 unspecified atom stereocenters. The predicted molar refractivity (Wildman–Crippen MR) is 124 cm³/mol. The van der Waals surface area contributed by atoms with Crippen LogP contribution < -0.4 is 8.45 Å². The molecule has 1 saturated heterocycles. The van der Waals surface area contributed by atoms with Gasteiger partial charge < -0.3 is 9.64 Å². The van der Waals surface area contributed by atoms with Gasteiger partial charge in [-0.2, -0.15) is 16.4 Å². The van der Waals surface area contributed by atoms with E-state index >= 15 is 0 Å². The minimum absolute atomic E-state index is 0.0123. The number of amides is 1. The van der Waals surface area contributed by atoms with E-state index in [0.717, 1.165) is 28.1 Å². The fourth-order valence-electron chi connectivity index (χ4n) is 3.14. The maximum Gasteiger partial charge on any atom is 0.315 e. The number of likely N-dealkylation sites (N-methyl/N-ethyl adjacent to an activating group) is 1. The Morgan fingerprint density at radius 1 is 1.18 bits per heavy atom. The van der Waals surface area contributed by atoms with Crippen molar-refractivity contribution in [3.63, 3.8) is 0 Å². The van der Waals surface area contributed by atoms with Crippen molar-refractivity contribution >= 4 is 33.9 Å². The molecule has 1 aliphatic heterocycles. The van der Waals surface area contributed by atoms with Gasteiger partial charge in [0, 0.05) is 57.7 Å². The first kappa shape index (κ1) is 26.1. The van der Waals surface area contributed by atoms with E-state index in [-0.39, 0.29) is 48.6 Å². The number of piperazine rings is 1. The third kappa shape index (κ3) is 6.11. The summed E-state index contributed by atoms with van der Waals surface area (Å²) in [5.41, 5.74) is 0.0123. The van der Waals surface area contributed by atoms with Gasteiger partial charge >= 0.3 is 10.2 Å². The Bertz CT molecular complexity index is 1110. The van der Waals surface area contributed by atoms with Crippen LogP contribution in [-0.4, -0.2) is 92.3 Å². The maximum absolute atomic E-state index is 14.2. The molecular weight excluding hydrogens is 490 g/mol. The number of anilines is 1. The Labute approximate surface area is 201 Å². The average Bonchev–Trinajstić information content (AvgIpc) is 2.82. The molecule has 2 aromatic rings. The number of carbonyl (C=O) groups is 1. The van der Waals surface area contributed by atoms with Crippen molar-refractivity contribution in [1.82, 2.24) is 24.1 Å². The second-order valence-electron chi connectivity index (χ2n) is 7.60. The summed E-state index contributed by atoms with van der Waals surface area (Å²) < 4.78 is 62.3. The van der Waals surface area contributed by atoms with Crippen LogP contribution in [0, 0.1) is 11.6 Å². The molecule has 1 aromatic heterocycles. The van der Waals surface area contributed by atoms with Crippen molar-refractivity contribution in [2.75, 3.05) is 57.6 Å². The van der Waals surface area contributed by atoms with E-state index < -0.39 is 21.8 Å². The normalized spacial score (nSPS) is 15.2. The van der Waals surface area contributed by atoms with Gasteiger partial charge in [-0.1, -0.05) is 12.1 Å². The largest absolute Gasteiger partial charge is 0.481 e. The van der Waals surface area contributed by atoms with E-state index in [1.54, 1.807) is 14.1 Å². The number of hydrogen-bond acceptors (Lipinski definition) is 8. The van der Waals surface area contributed by atoms with Crippen LogP contribution in [0.4, 0.5) is 14.6 Å². The highest BCUT2D eigenvalue weighted by molar-refractivity contribution is 8.13. The quantitative estimate of drug-likeness (QED) is 0.461. The molecule has 0 saturated carbocycles. The Morgan fingerprint density at radius 3 is 2.53 bits per heavy atom. The zero-order valence-electron chi connectivity index (χ0n) is 19.0. The number of carbonyl (C=O) groups excluding carboxylic acids is 1. The summed E-state index contributed by atoms with van der Waals surface area (Å²) in [5, 5.41) is 0. The molecule has 2 heterocycles. The summed E-state index contributed by atoms with van der Waals surface area (Å²) in [6.07, 6.45) is 1.16. The fourth-order valence-corrected chi connectivity index (χ4v) is 5.99. The minimum atomic E-state index is -4.12. The predicted octanol–water partition coefficient (Wildman–Crippen LogP) is 1.37. The van der Waals surface area contributed by atoms with Gasteiger partial charge in [-0.05, 0) is 18.0 Å². The van der Waals surface area contributed by atoms with Gasteiger partial charge in [0.25, 0.3) is 0 Å². The Kier molecular flexibility index (Phi) is 8.62. The smallest absolute Gasteiger partial charge is 0.315 e. The summed E-state index contributed by atoms with van der Waals surface area (Å²) in [4.78, 5) is 23.3. The molecular formula is C20H26F2N6O4S2. The highest BCUT2D eigenvalue weighted by Gasteiger charge is 2.35. The van der Waals surface area contributed by atoms with Crippen LogP contribution in [0.3, 0.4) is 0 Å². The summed E-state index contributed by atoms with van der Waals surface area (Å²) >= 11 is 0.763. The SMILES string of the molecule is COc1cc(N(SCc2cccc(F)c2F)S(=O)(=O)N2CCN(CC(=O)N(C)C)CC2)ncn1. The Hall–Kier alpha value is -2.55. The van der Waals surface area contributed by atoms with Crippen molar-refractivity contribution < 1.29 is 26.7 Å². The molecule has 0 radical (unpaired) electrons. The first-order valence-corrected chi connectivity index (χ1v) is 12.6. The van der Waals surface area contributed by atoms with Crippen molar-refractivity contribution in [3.05, 3.63) is 47.8 Å². The molecule has 186 valence electrons.